The lowest BCUT2D eigenvalue weighted by atomic mass is 10.2. The first-order chi connectivity index (χ1) is 12.1. The molecule has 0 aliphatic carbocycles. The van der Waals surface area contributed by atoms with E-state index in [-0.39, 0.29) is 5.91 Å². The molecule has 1 amide bonds. The van der Waals surface area contributed by atoms with Gasteiger partial charge in [0.25, 0.3) is 0 Å². The molecule has 8 heteroatoms. The number of halogens is 1. The molecule has 1 aromatic heterocycles. The van der Waals surface area contributed by atoms with E-state index in [1.807, 2.05) is 31.2 Å². The van der Waals surface area contributed by atoms with Crippen LogP contribution >= 0.6 is 11.6 Å². The largest absolute Gasteiger partial charge is 0.355 e. The van der Waals surface area contributed by atoms with Crippen molar-refractivity contribution in [3.8, 4) is 11.4 Å². The highest BCUT2D eigenvalue weighted by molar-refractivity contribution is 6.30. The molecule has 1 aliphatic heterocycles. The SMILES string of the molecule is CCNC(=O)CN1CCN(Cc2nc(-c3cccc(Cl)c3)no2)CC1. The van der Waals surface area contributed by atoms with Crippen LogP contribution in [0.4, 0.5) is 0 Å². The molecule has 134 valence electrons. The van der Waals surface area contributed by atoms with E-state index in [4.69, 9.17) is 16.1 Å². The third kappa shape index (κ3) is 5.01. The van der Waals surface area contributed by atoms with E-state index in [0.29, 0.717) is 36.4 Å². The highest BCUT2D eigenvalue weighted by Gasteiger charge is 2.20. The number of nitrogens with one attached hydrogen (secondary N) is 1. The maximum atomic E-state index is 11.6. The summed E-state index contributed by atoms with van der Waals surface area (Å²) in [6, 6.07) is 7.39. The number of hydrogen-bond donors (Lipinski definition) is 1. The van der Waals surface area contributed by atoms with Crippen molar-refractivity contribution in [2.24, 2.45) is 0 Å². The highest BCUT2D eigenvalue weighted by Crippen LogP contribution is 2.20. The minimum Gasteiger partial charge on any atom is -0.355 e. The number of piperazine rings is 1. The lowest BCUT2D eigenvalue weighted by Crippen LogP contribution is -2.49. The number of amides is 1. The fraction of sp³-hybridized carbons (Fsp3) is 0.471. The second kappa shape index (κ2) is 8.42. The molecular weight excluding hydrogens is 342 g/mol. The molecule has 0 spiro atoms. The van der Waals surface area contributed by atoms with Crippen molar-refractivity contribution in [3.63, 3.8) is 0 Å². The topological polar surface area (TPSA) is 74.5 Å². The Morgan fingerprint density at radius 3 is 2.76 bits per heavy atom. The van der Waals surface area contributed by atoms with Crippen molar-refractivity contribution in [1.82, 2.24) is 25.3 Å². The summed E-state index contributed by atoms with van der Waals surface area (Å²) in [5.41, 5.74) is 0.842. The van der Waals surface area contributed by atoms with Gasteiger partial charge in [0.2, 0.25) is 17.6 Å². The third-order valence-corrected chi connectivity index (χ3v) is 4.35. The number of aromatic nitrogens is 2. The summed E-state index contributed by atoms with van der Waals surface area (Å²) < 4.78 is 5.36. The molecule has 1 saturated heterocycles. The van der Waals surface area contributed by atoms with Crippen LogP contribution in [0.5, 0.6) is 0 Å². The Bertz CT molecular complexity index is 713. The molecule has 25 heavy (non-hydrogen) atoms. The summed E-state index contributed by atoms with van der Waals surface area (Å²) in [7, 11) is 0. The van der Waals surface area contributed by atoms with Crippen LogP contribution < -0.4 is 5.32 Å². The number of carbonyl (C=O) groups is 1. The number of hydrogen-bond acceptors (Lipinski definition) is 6. The van der Waals surface area contributed by atoms with Crippen molar-refractivity contribution >= 4 is 17.5 Å². The first-order valence-corrected chi connectivity index (χ1v) is 8.82. The van der Waals surface area contributed by atoms with Gasteiger partial charge in [-0.2, -0.15) is 4.98 Å². The van der Waals surface area contributed by atoms with Crippen LogP contribution in [0.25, 0.3) is 11.4 Å². The number of benzene rings is 1. The second-order valence-corrected chi connectivity index (χ2v) is 6.46. The number of rotatable bonds is 6. The van der Waals surface area contributed by atoms with Gasteiger partial charge in [0.05, 0.1) is 13.1 Å². The van der Waals surface area contributed by atoms with E-state index < -0.39 is 0 Å². The monoisotopic (exact) mass is 363 g/mol. The normalized spacial score (nSPS) is 16.1. The zero-order chi connectivity index (χ0) is 17.6. The smallest absolute Gasteiger partial charge is 0.241 e. The van der Waals surface area contributed by atoms with Crippen LogP contribution in [-0.4, -0.2) is 65.1 Å². The van der Waals surface area contributed by atoms with Crippen molar-refractivity contribution in [2.45, 2.75) is 13.5 Å². The van der Waals surface area contributed by atoms with Gasteiger partial charge in [-0.15, -0.1) is 0 Å². The number of nitrogens with zero attached hydrogens (tertiary/aromatic N) is 4. The molecule has 2 aromatic rings. The summed E-state index contributed by atoms with van der Waals surface area (Å²) in [4.78, 5) is 20.5. The van der Waals surface area contributed by atoms with Gasteiger partial charge < -0.3 is 9.84 Å². The zero-order valence-electron chi connectivity index (χ0n) is 14.2. The summed E-state index contributed by atoms with van der Waals surface area (Å²) >= 11 is 6.00. The second-order valence-electron chi connectivity index (χ2n) is 6.03. The fourth-order valence-corrected chi connectivity index (χ4v) is 3.01. The third-order valence-electron chi connectivity index (χ3n) is 4.12. The van der Waals surface area contributed by atoms with Crippen LogP contribution in [0, 0.1) is 0 Å². The standard InChI is InChI=1S/C17H22ClN5O2/c1-2-19-15(24)11-22-6-8-23(9-7-22)12-16-20-17(21-25-16)13-4-3-5-14(18)10-13/h3-5,10H,2,6-9,11-12H2,1H3,(H,19,24). The molecule has 1 fully saturated rings. The fourth-order valence-electron chi connectivity index (χ4n) is 2.82. The van der Waals surface area contributed by atoms with Gasteiger partial charge >= 0.3 is 0 Å². The van der Waals surface area contributed by atoms with Crippen LogP contribution in [0.3, 0.4) is 0 Å². The quantitative estimate of drug-likeness (QED) is 0.841. The predicted octanol–water partition coefficient (Wildman–Crippen LogP) is 1.64. The van der Waals surface area contributed by atoms with Gasteiger partial charge in [0, 0.05) is 43.3 Å². The highest BCUT2D eigenvalue weighted by atomic mass is 35.5. The number of likely N-dealkylation sites (N-methyl/N-ethyl adjacent to an activating group) is 1. The average molecular weight is 364 g/mol. The molecular formula is C17H22ClN5O2. The molecule has 1 aromatic carbocycles. The average Bonchev–Trinajstić information content (AvgIpc) is 3.05. The van der Waals surface area contributed by atoms with E-state index in [2.05, 4.69) is 25.3 Å². The van der Waals surface area contributed by atoms with E-state index in [9.17, 15) is 4.79 Å². The maximum Gasteiger partial charge on any atom is 0.241 e. The van der Waals surface area contributed by atoms with Crippen LogP contribution in [0.2, 0.25) is 5.02 Å². The van der Waals surface area contributed by atoms with Gasteiger partial charge in [-0.1, -0.05) is 28.9 Å². The Balaban J connectivity index is 1.50. The first kappa shape index (κ1) is 17.8. The van der Waals surface area contributed by atoms with Crippen LogP contribution in [0.15, 0.2) is 28.8 Å². The molecule has 7 nitrogen and oxygen atoms in total. The van der Waals surface area contributed by atoms with Crippen molar-refractivity contribution < 1.29 is 9.32 Å². The Hall–Kier alpha value is -1.96. The zero-order valence-corrected chi connectivity index (χ0v) is 15.0. The summed E-state index contributed by atoms with van der Waals surface area (Å²) in [5.74, 6) is 1.22. The van der Waals surface area contributed by atoms with Crippen molar-refractivity contribution in [1.29, 1.82) is 0 Å². The van der Waals surface area contributed by atoms with Gasteiger partial charge in [-0.05, 0) is 19.1 Å². The lowest BCUT2D eigenvalue weighted by Gasteiger charge is -2.33. The molecule has 1 aliphatic rings. The maximum absolute atomic E-state index is 11.6. The first-order valence-electron chi connectivity index (χ1n) is 8.44. The molecule has 0 saturated carbocycles. The summed E-state index contributed by atoms with van der Waals surface area (Å²) in [6.07, 6.45) is 0. The minimum atomic E-state index is 0.0824. The van der Waals surface area contributed by atoms with E-state index in [1.165, 1.54) is 0 Å². The Labute approximate surface area is 151 Å². The molecule has 3 rings (SSSR count). The molecule has 0 unspecified atom stereocenters. The minimum absolute atomic E-state index is 0.0824. The van der Waals surface area contributed by atoms with Gasteiger partial charge in [0.15, 0.2) is 0 Å². The van der Waals surface area contributed by atoms with Gasteiger partial charge in [0.1, 0.15) is 0 Å². The van der Waals surface area contributed by atoms with E-state index in [1.54, 1.807) is 0 Å². The number of carbonyl (C=O) groups excluding carboxylic acids is 1. The molecule has 1 N–H and O–H groups in total. The molecule has 0 radical (unpaired) electrons. The molecule has 0 bridgehead atoms. The Kier molecular flexibility index (Phi) is 6.01. The lowest BCUT2D eigenvalue weighted by molar-refractivity contribution is -0.122. The predicted molar refractivity (Wildman–Crippen MR) is 95.1 cm³/mol. The van der Waals surface area contributed by atoms with E-state index in [0.717, 1.165) is 31.7 Å². The van der Waals surface area contributed by atoms with Crippen LogP contribution in [-0.2, 0) is 11.3 Å². The Morgan fingerprint density at radius 1 is 1.28 bits per heavy atom. The van der Waals surface area contributed by atoms with Crippen molar-refractivity contribution in [3.05, 3.63) is 35.2 Å². The Morgan fingerprint density at radius 2 is 2.04 bits per heavy atom. The summed E-state index contributed by atoms with van der Waals surface area (Å²) in [5, 5.41) is 7.51. The summed E-state index contributed by atoms with van der Waals surface area (Å²) in [6.45, 7) is 7.12. The molecule has 2 heterocycles. The van der Waals surface area contributed by atoms with Crippen LogP contribution in [0.1, 0.15) is 12.8 Å². The molecule has 0 atom stereocenters. The van der Waals surface area contributed by atoms with Gasteiger partial charge in [-0.25, -0.2) is 0 Å². The van der Waals surface area contributed by atoms with Gasteiger partial charge in [-0.3, -0.25) is 14.6 Å². The van der Waals surface area contributed by atoms with Crippen molar-refractivity contribution in [2.75, 3.05) is 39.3 Å². The van der Waals surface area contributed by atoms with E-state index >= 15 is 0 Å².